The summed E-state index contributed by atoms with van der Waals surface area (Å²) >= 11 is 4.94. The fraction of sp³-hybridized carbons (Fsp3) is 0.429. The molecule has 0 saturated heterocycles. The molecule has 19 heavy (non-hydrogen) atoms. The predicted molar refractivity (Wildman–Crippen MR) is 85.0 cm³/mol. The Morgan fingerprint density at radius 2 is 2.16 bits per heavy atom. The summed E-state index contributed by atoms with van der Waals surface area (Å²) in [4.78, 5) is 17.1. The zero-order chi connectivity index (χ0) is 13.8. The number of rotatable bonds is 5. The molecule has 1 aromatic heterocycles. The molecule has 2 aromatic rings. The molecule has 0 fully saturated rings. The lowest BCUT2D eigenvalue weighted by Crippen LogP contribution is -2.23. The van der Waals surface area contributed by atoms with Gasteiger partial charge in [0.15, 0.2) is 5.16 Å². The lowest BCUT2D eigenvalue weighted by atomic mass is 10.2. The van der Waals surface area contributed by atoms with Gasteiger partial charge in [0.2, 0.25) is 0 Å². The summed E-state index contributed by atoms with van der Waals surface area (Å²) in [6, 6.07) is 5.66. The van der Waals surface area contributed by atoms with Crippen molar-refractivity contribution in [1.29, 1.82) is 0 Å². The van der Waals surface area contributed by atoms with Crippen LogP contribution in [0.15, 0.2) is 32.6 Å². The first-order valence-corrected chi connectivity index (χ1v) is 8.43. The number of aromatic nitrogens is 2. The summed E-state index contributed by atoms with van der Waals surface area (Å²) in [5.41, 5.74) is 0.830. The monoisotopic (exact) mass is 340 g/mol. The van der Waals surface area contributed by atoms with Crippen LogP contribution in [0.2, 0.25) is 0 Å². The zero-order valence-corrected chi connectivity index (χ0v) is 13.6. The molecule has 0 aliphatic heterocycles. The number of hydrogen-bond donors (Lipinski definition) is 0. The second-order valence-corrected chi connectivity index (χ2v) is 6.11. The van der Waals surface area contributed by atoms with E-state index >= 15 is 0 Å². The van der Waals surface area contributed by atoms with Crippen LogP contribution in [0.5, 0.6) is 0 Å². The van der Waals surface area contributed by atoms with Crippen molar-refractivity contribution in [3.05, 3.63) is 33.0 Å². The van der Waals surface area contributed by atoms with Crippen LogP contribution in [0.25, 0.3) is 10.9 Å². The van der Waals surface area contributed by atoms with E-state index in [9.17, 15) is 4.79 Å². The Morgan fingerprint density at radius 3 is 2.84 bits per heavy atom. The highest BCUT2D eigenvalue weighted by Gasteiger charge is 2.10. The summed E-state index contributed by atoms with van der Waals surface area (Å²) < 4.78 is 2.71. The van der Waals surface area contributed by atoms with E-state index in [1.165, 1.54) is 11.8 Å². The van der Waals surface area contributed by atoms with Gasteiger partial charge in [0, 0.05) is 11.0 Å². The fourth-order valence-corrected chi connectivity index (χ4v) is 2.99. The van der Waals surface area contributed by atoms with Crippen molar-refractivity contribution in [3.8, 4) is 0 Å². The van der Waals surface area contributed by atoms with Gasteiger partial charge < -0.3 is 0 Å². The molecular formula is C14H17BrN2OS. The summed E-state index contributed by atoms with van der Waals surface area (Å²) in [6.45, 7) is 2.91. The van der Waals surface area contributed by atoms with Crippen molar-refractivity contribution in [2.75, 3.05) is 6.26 Å². The molecule has 3 nitrogen and oxygen atoms in total. The second kappa shape index (κ2) is 6.57. The van der Waals surface area contributed by atoms with Crippen molar-refractivity contribution in [1.82, 2.24) is 9.55 Å². The first-order chi connectivity index (χ1) is 9.17. The molecule has 1 aromatic carbocycles. The Bertz CT molecular complexity index is 639. The lowest BCUT2D eigenvalue weighted by molar-refractivity contribution is 0.542. The van der Waals surface area contributed by atoms with E-state index in [0.717, 1.165) is 41.0 Å². The lowest BCUT2D eigenvalue weighted by Gasteiger charge is -2.11. The molecule has 0 aliphatic rings. The van der Waals surface area contributed by atoms with Crippen LogP contribution >= 0.6 is 27.7 Å². The molecule has 0 N–H and O–H groups in total. The molecule has 0 bridgehead atoms. The average molecular weight is 341 g/mol. The number of fused-ring (bicyclic) bond motifs is 1. The predicted octanol–water partition coefficient (Wildman–Crippen LogP) is 4.07. The van der Waals surface area contributed by atoms with Crippen molar-refractivity contribution >= 4 is 38.6 Å². The minimum absolute atomic E-state index is 0.0618. The van der Waals surface area contributed by atoms with Crippen LogP contribution < -0.4 is 5.56 Å². The molecule has 5 heteroatoms. The van der Waals surface area contributed by atoms with Crippen LogP contribution in [0, 0.1) is 0 Å². The Kier molecular flexibility index (Phi) is 5.05. The van der Waals surface area contributed by atoms with E-state index in [1.807, 2.05) is 24.5 Å². The summed E-state index contributed by atoms with van der Waals surface area (Å²) in [5, 5.41) is 1.49. The molecule has 0 spiro atoms. The number of thioether (sulfide) groups is 1. The minimum Gasteiger partial charge on any atom is -0.287 e. The Balaban J connectivity index is 2.53. The molecule has 0 atom stereocenters. The number of halogens is 1. The average Bonchev–Trinajstić information content (AvgIpc) is 2.42. The maximum absolute atomic E-state index is 12.5. The van der Waals surface area contributed by atoms with E-state index < -0.39 is 0 Å². The van der Waals surface area contributed by atoms with Crippen molar-refractivity contribution < 1.29 is 0 Å². The number of nitrogens with zero attached hydrogens (tertiary/aromatic N) is 2. The largest absolute Gasteiger partial charge is 0.287 e. The summed E-state index contributed by atoms with van der Waals surface area (Å²) in [7, 11) is 0. The van der Waals surface area contributed by atoms with Gasteiger partial charge >= 0.3 is 0 Å². The van der Waals surface area contributed by atoms with Gasteiger partial charge in [-0.1, -0.05) is 47.5 Å². The van der Waals surface area contributed by atoms with Crippen molar-refractivity contribution in [3.63, 3.8) is 0 Å². The first kappa shape index (κ1) is 14.6. The Labute approximate surface area is 125 Å². The molecule has 0 aliphatic carbocycles. The van der Waals surface area contributed by atoms with Crippen LogP contribution in [-0.4, -0.2) is 15.8 Å². The third-order valence-corrected chi connectivity index (χ3v) is 4.22. The Hall–Kier alpha value is -0.810. The number of unbranched alkanes of at least 4 members (excludes halogenated alkanes) is 2. The van der Waals surface area contributed by atoms with Gasteiger partial charge in [0.05, 0.1) is 10.9 Å². The van der Waals surface area contributed by atoms with E-state index in [4.69, 9.17) is 0 Å². The Morgan fingerprint density at radius 1 is 1.37 bits per heavy atom. The molecular weight excluding hydrogens is 324 g/mol. The molecule has 0 radical (unpaired) electrons. The minimum atomic E-state index is 0.0618. The quantitative estimate of drug-likeness (QED) is 0.467. The van der Waals surface area contributed by atoms with Crippen LogP contribution in [0.3, 0.4) is 0 Å². The van der Waals surface area contributed by atoms with Gasteiger partial charge in [-0.2, -0.15) is 0 Å². The smallest absolute Gasteiger partial charge is 0.262 e. The fourth-order valence-electron chi connectivity index (χ4n) is 2.05. The SMILES string of the molecule is CCCCCn1c(SC)nc2ccc(Br)cc2c1=O. The van der Waals surface area contributed by atoms with Gasteiger partial charge in [-0.25, -0.2) is 4.98 Å². The standard InChI is InChI=1S/C14H17BrN2OS/c1-3-4-5-8-17-13(18)11-9-10(15)6-7-12(11)16-14(17)19-2/h6-7,9H,3-5,8H2,1-2H3. The van der Waals surface area contributed by atoms with Crippen molar-refractivity contribution in [2.45, 2.75) is 37.9 Å². The first-order valence-electron chi connectivity index (χ1n) is 6.41. The normalized spacial score (nSPS) is 11.1. The molecule has 2 rings (SSSR count). The summed E-state index contributed by atoms with van der Waals surface area (Å²) in [6.07, 6.45) is 5.26. The van der Waals surface area contributed by atoms with Crippen molar-refractivity contribution in [2.24, 2.45) is 0 Å². The highest BCUT2D eigenvalue weighted by molar-refractivity contribution is 9.10. The molecule has 0 unspecified atom stereocenters. The highest BCUT2D eigenvalue weighted by Crippen LogP contribution is 2.19. The van der Waals surface area contributed by atoms with Gasteiger partial charge in [0.1, 0.15) is 0 Å². The van der Waals surface area contributed by atoms with Gasteiger partial charge in [-0.05, 0) is 30.9 Å². The number of hydrogen-bond acceptors (Lipinski definition) is 3. The van der Waals surface area contributed by atoms with Gasteiger partial charge in [-0.3, -0.25) is 9.36 Å². The maximum atomic E-state index is 12.5. The van der Waals surface area contributed by atoms with E-state index in [1.54, 1.807) is 4.57 Å². The van der Waals surface area contributed by atoms with Crippen LogP contribution in [-0.2, 0) is 6.54 Å². The molecule has 0 saturated carbocycles. The second-order valence-electron chi connectivity index (χ2n) is 4.42. The van der Waals surface area contributed by atoms with E-state index in [2.05, 4.69) is 27.8 Å². The molecule has 1 heterocycles. The third kappa shape index (κ3) is 3.20. The third-order valence-electron chi connectivity index (χ3n) is 3.05. The van der Waals surface area contributed by atoms with E-state index in [-0.39, 0.29) is 5.56 Å². The van der Waals surface area contributed by atoms with E-state index in [0.29, 0.717) is 5.39 Å². The van der Waals surface area contributed by atoms with Crippen LogP contribution in [0.4, 0.5) is 0 Å². The van der Waals surface area contributed by atoms with Gasteiger partial charge in [0.25, 0.3) is 5.56 Å². The zero-order valence-electron chi connectivity index (χ0n) is 11.1. The van der Waals surface area contributed by atoms with Gasteiger partial charge in [-0.15, -0.1) is 0 Å². The summed E-state index contributed by atoms with van der Waals surface area (Å²) in [5.74, 6) is 0. The molecule has 102 valence electrons. The molecule has 0 amide bonds. The topological polar surface area (TPSA) is 34.9 Å². The number of benzene rings is 1. The maximum Gasteiger partial charge on any atom is 0.262 e. The highest BCUT2D eigenvalue weighted by atomic mass is 79.9. The van der Waals surface area contributed by atoms with Crippen LogP contribution in [0.1, 0.15) is 26.2 Å².